The van der Waals surface area contributed by atoms with Crippen LogP contribution in [0.2, 0.25) is 0 Å². The van der Waals surface area contributed by atoms with Crippen LogP contribution in [-0.2, 0) is 17.5 Å². The molecule has 2 aromatic rings. The first-order valence-electron chi connectivity index (χ1n) is 9.09. The van der Waals surface area contributed by atoms with Gasteiger partial charge in [0.05, 0.1) is 5.01 Å². The Morgan fingerprint density at radius 1 is 1.31 bits per heavy atom. The number of aromatic nitrogens is 1. The number of likely N-dealkylation sites (tertiary alicyclic amines) is 1. The molecule has 1 aromatic heterocycles. The van der Waals surface area contributed by atoms with Gasteiger partial charge in [0.15, 0.2) is 5.69 Å². The van der Waals surface area contributed by atoms with Crippen molar-refractivity contribution in [1.29, 1.82) is 0 Å². The molecule has 0 aliphatic carbocycles. The molecular formula is C20H20F3N3O2S. The molecule has 3 rings (SSSR count). The van der Waals surface area contributed by atoms with Gasteiger partial charge >= 0.3 is 6.18 Å². The fourth-order valence-electron chi connectivity index (χ4n) is 3.18. The number of carbonyl (C=O) groups is 2. The summed E-state index contributed by atoms with van der Waals surface area (Å²) >= 11 is 0.993. The molecule has 1 unspecified atom stereocenters. The van der Waals surface area contributed by atoms with Crippen LogP contribution >= 0.6 is 11.3 Å². The molecule has 2 heterocycles. The maximum absolute atomic E-state index is 12.8. The molecular weight excluding hydrogens is 403 g/mol. The third-order valence-corrected chi connectivity index (χ3v) is 5.73. The Morgan fingerprint density at radius 3 is 2.66 bits per heavy atom. The Hall–Kier alpha value is -2.68. The molecule has 29 heavy (non-hydrogen) atoms. The molecule has 1 aliphatic rings. The monoisotopic (exact) mass is 423 g/mol. The van der Waals surface area contributed by atoms with Gasteiger partial charge in [0.25, 0.3) is 5.91 Å². The summed E-state index contributed by atoms with van der Waals surface area (Å²) in [5.41, 5.74) is 0.468. The Bertz CT molecular complexity index is 893. The zero-order valence-electron chi connectivity index (χ0n) is 15.5. The number of hydrogen-bond donors (Lipinski definition) is 1. The van der Waals surface area contributed by atoms with Crippen molar-refractivity contribution in [2.45, 2.75) is 31.5 Å². The second-order valence-corrected chi connectivity index (χ2v) is 7.67. The summed E-state index contributed by atoms with van der Waals surface area (Å²) in [5.74, 6) is -0.633. The van der Waals surface area contributed by atoms with Crippen molar-refractivity contribution in [1.82, 2.24) is 15.2 Å². The number of amides is 2. The van der Waals surface area contributed by atoms with Crippen molar-refractivity contribution in [3.05, 3.63) is 64.1 Å². The van der Waals surface area contributed by atoms with E-state index >= 15 is 0 Å². The third kappa shape index (κ3) is 5.23. The van der Waals surface area contributed by atoms with E-state index in [0.717, 1.165) is 22.3 Å². The topological polar surface area (TPSA) is 62.3 Å². The second kappa shape index (κ2) is 8.77. The molecule has 1 aromatic carbocycles. The SMILES string of the molecule is C=CC(=O)NCc1ccc(C(=O)N2CCCC(c3nc(C(F)(F)F)cs3)C2)cc1. The Morgan fingerprint density at radius 2 is 2.03 bits per heavy atom. The van der Waals surface area contributed by atoms with Crippen LogP contribution in [0.25, 0.3) is 0 Å². The van der Waals surface area contributed by atoms with E-state index in [0.29, 0.717) is 43.0 Å². The molecule has 2 amide bonds. The largest absolute Gasteiger partial charge is 0.434 e. The third-order valence-electron chi connectivity index (χ3n) is 4.72. The van der Waals surface area contributed by atoms with Crippen molar-refractivity contribution < 1.29 is 22.8 Å². The van der Waals surface area contributed by atoms with E-state index in [4.69, 9.17) is 0 Å². The van der Waals surface area contributed by atoms with Gasteiger partial charge in [0.2, 0.25) is 5.91 Å². The molecule has 1 fully saturated rings. The van der Waals surface area contributed by atoms with Crippen LogP contribution in [0.4, 0.5) is 13.2 Å². The summed E-state index contributed by atoms with van der Waals surface area (Å²) in [6.07, 6.45) is -1.85. The van der Waals surface area contributed by atoms with E-state index in [2.05, 4.69) is 16.9 Å². The lowest BCUT2D eigenvalue weighted by Gasteiger charge is -2.32. The van der Waals surface area contributed by atoms with Crippen LogP contribution in [0.1, 0.15) is 45.4 Å². The maximum atomic E-state index is 12.8. The van der Waals surface area contributed by atoms with Gasteiger partial charge < -0.3 is 10.2 Å². The smallest absolute Gasteiger partial charge is 0.348 e. The zero-order chi connectivity index (χ0) is 21.0. The summed E-state index contributed by atoms with van der Waals surface area (Å²) in [6, 6.07) is 6.89. The maximum Gasteiger partial charge on any atom is 0.434 e. The number of halogens is 3. The van der Waals surface area contributed by atoms with E-state index in [9.17, 15) is 22.8 Å². The van der Waals surface area contributed by atoms with E-state index in [-0.39, 0.29) is 17.7 Å². The predicted octanol–water partition coefficient (Wildman–Crippen LogP) is 3.98. The first-order chi connectivity index (χ1) is 13.8. The lowest BCUT2D eigenvalue weighted by molar-refractivity contribution is -0.140. The van der Waals surface area contributed by atoms with Crippen molar-refractivity contribution in [3.8, 4) is 0 Å². The van der Waals surface area contributed by atoms with Gasteiger partial charge in [-0.25, -0.2) is 4.98 Å². The molecule has 0 bridgehead atoms. The van der Waals surface area contributed by atoms with E-state index in [1.807, 2.05) is 0 Å². The lowest BCUT2D eigenvalue weighted by Crippen LogP contribution is -2.39. The van der Waals surface area contributed by atoms with Gasteiger partial charge in [0, 0.05) is 36.5 Å². The summed E-state index contributed by atoms with van der Waals surface area (Å²) in [7, 11) is 0. The molecule has 0 spiro atoms. The average Bonchev–Trinajstić information content (AvgIpc) is 3.23. The van der Waals surface area contributed by atoms with Gasteiger partial charge in [-0.15, -0.1) is 11.3 Å². The highest BCUT2D eigenvalue weighted by atomic mass is 32.1. The van der Waals surface area contributed by atoms with Crippen LogP contribution in [0.3, 0.4) is 0 Å². The fourth-order valence-corrected chi connectivity index (χ4v) is 4.13. The first-order valence-corrected chi connectivity index (χ1v) is 9.97. The van der Waals surface area contributed by atoms with Crippen LogP contribution in [-0.4, -0.2) is 34.8 Å². The molecule has 1 N–H and O–H groups in total. The zero-order valence-corrected chi connectivity index (χ0v) is 16.4. The van der Waals surface area contributed by atoms with Crippen LogP contribution < -0.4 is 5.32 Å². The number of thiazole rings is 1. The van der Waals surface area contributed by atoms with Crippen LogP contribution in [0.15, 0.2) is 42.3 Å². The van der Waals surface area contributed by atoms with E-state index < -0.39 is 11.9 Å². The van der Waals surface area contributed by atoms with Crippen molar-refractivity contribution in [2.24, 2.45) is 0 Å². The Kier molecular flexibility index (Phi) is 6.36. The van der Waals surface area contributed by atoms with E-state index in [1.54, 1.807) is 29.2 Å². The minimum absolute atomic E-state index is 0.163. The van der Waals surface area contributed by atoms with Crippen LogP contribution in [0, 0.1) is 0 Å². The predicted molar refractivity (Wildman–Crippen MR) is 103 cm³/mol. The minimum Gasteiger partial charge on any atom is -0.348 e. The molecule has 9 heteroatoms. The highest BCUT2D eigenvalue weighted by Crippen LogP contribution is 2.35. The quantitative estimate of drug-likeness (QED) is 0.740. The van der Waals surface area contributed by atoms with Crippen molar-refractivity contribution in [2.75, 3.05) is 13.1 Å². The summed E-state index contributed by atoms with van der Waals surface area (Å²) in [5, 5.41) is 4.11. The van der Waals surface area contributed by atoms with Crippen molar-refractivity contribution >= 4 is 23.2 Å². The number of benzene rings is 1. The minimum atomic E-state index is -4.45. The summed E-state index contributed by atoms with van der Waals surface area (Å²) < 4.78 is 38.4. The number of nitrogens with one attached hydrogen (secondary N) is 1. The number of hydrogen-bond acceptors (Lipinski definition) is 4. The number of carbonyl (C=O) groups excluding carboxylic acids is 2. The van der Waals surface area contributed by atoms with E-state index in [1.165, 1.54) is 6.08 Å². The first kappa shape index (κ1) is 21.0. The highest BCUT2D eigenvalue weighted by molar-refractivity contribution is 7.09. The Balaban J connectivity index is 1.64. The van der Waals surface area contributed by atoms with Gasteiger partial charge in [-0.05, 0) is 36.6 Å². The molecule has 1 aliphatic heterocycles. The second-order valence-electron chi connectivity index (χ2n) is 6.78. The van der Waals surface area contributed by atoms with Crippen molar-refractivity contribution in [3.63, 3.8) is 0 Å². The summed E-state index contributed by atoms with van der Waals surface area (Å²) in [6.45, 7) is 4.62. The van der Waals surface area contributed by atoms with Gasteiger partial charge in [-0.1, -0.05) is 18.7 Å². The standard InChI is InChI=1S/C20H20F3N3O2S/c1-2-17(27)24-10-13-5-7-14(8-6-13)19(28)26-9-3-4-15(11-26)18-25-16(12-29-18)20(21,22)23/h2,5-8,12,15H,1,3-4,9-11H2,(H,24,27). The Labute approximate surface area is 170 Å². The molecule has 5 nitrogen and oxygen atoms in total. The number of piperidine rings is 1. The molecule has 1 saturated heterocycles. The molecule has 0 radical (unpaired) electrons. The molecule has 154 valence electrons. The van der Waals surface area contributed by atoms with Crippen LogP contribution in [0.5, 0.6) is 0 Å². The fraction of sp³-hybridized carbons (Fsp3) is 0.350. The lowest BCUT2D eigenvalue weighted by atomic mass is 9.98. The average molecular weight is 423 g/mol. The molecule has 1 atom stereocenters. The number of rotatable bonds is 5. The molecule has 0 saturated carbocycles. The highest BCUT2D eigenvalue weighted by Gasteiger charge is 2.35. The van der Waals surface area contributed by atoms with Gasteiger partial charge in [-0.3, -0.25) is 9.59 Å². The number of alkyl halides is 3. The summed E-state index contributed by atoms with van der Waals surface area (Å²) in [4.78, 5) is 29.4. The normalized spacial score (nSPS) is 17.1. The van der Waals surface area contributed by atoms with Gasteiger partial charge in [-0.2, -0.15) is 13.2 Å². The number of nitrogens with zero attached hydrogens (tertiary/aromatic N) is 2. The van der Waals surface area contributed by atoms with Gasteiger partial charge in [0.1, 0.15) is 0 Å².